The summed E-state index contributed by atoms with van der Waals surface area (Å²) in [5.74, 6) is 0.339. The van der Waals surface area contributed by atoms with E-state index in [9.17, 15) is 8.42 Å². The SMILES string of the molecule is Cc1ccc(S(=O)(=O)N2C=C3CCC[C@H]3C=C[C@H]2c2ccc3ccccc3c2)cc1. The van der Waals surface area contributed by atoms with Crippen LogP contribution in [-0.4, -0.2) is 12.7 Å². The van der Waals surface area contributed by atoms with Crippen molar-refractivity contribution in [2.24, 2.45) is 5.92 Å². The van der Waals surface area contributed by atoms with Crippen LogP contribution < -0.4 is 0 Å². The van der Waals surface area contributed by atoms with Gasteiger partial charge in [-0.3, -0.25) is 4.31 Å². The third-order valence-corrected chi connectivity index (χ3v) is 8.02. The van der Waals surface area contributed by atoms with Crippen molar-refractivity contribution in [2.45, 2.75) is 37.1 Å². The fraction of sp³-hybridized carbons (Fsp3) is 0.231. The molecule has 3 aromatic carbocycles. The fourth-order valence-corrected chi connectivity index (χ4v) is 6.03. The van der Waals surface area contributed by atoms with E-state index >= 15 is 0 Å². The van der Waals surface area contributed by atoms with Gasteiger partial charge in [0.1, 0.15) is 0 Å². The second kappa shape index (κ2) is 7.44. The fourth-order valence-electron chi connectivity index (χ4n) is 4.55. The minimum Gasteiger partial charge on any atom is -0.262 e. The van der Waals surface area contributed by atoms with Crippen LogP contribution in [0.1, 0.15) is 36.4 Å². The minimum absolute atomic E-state index is 0.334. The van der Waals surface area contributed by atoms with E-state index < -0.39 is 10.0 Å². The first kappa shape index (κ1) is 19.1. The monoisotopic (exact) mass is 415 g/mol. The van der Waals surface area contributed by atoms with E-state index in [1.807, 2.05) is 37.4 Å². The molecule has 1 aliphatic carbocycles. The second-order valence-corrected chi connectivity index (χ2v) is 10.1. The molecule has 0 bridgehead atoms. The largest absolute Gasteiger partial charge is 0.264 e. The van der Waals surface area contributed by atoms with Crippen LogP contribution in [0.15, 0.2) is 95.6 Å². The number of fused-ring (bicyclic) bond motifs is 2. The first-order chi connectivity index (χ1) is 14.5. The van der Waals surface area contributed by atoms with Crippen molar-refractivity contribution in [1.29, 1.82) is 0 Å². The maximum atomic E-state index is 13.7. The van der Waals surface area contributed by atoms with Gasteiger partial charge < -0.3 is 0 Å². The van der Waals surface area contributed by atoms with Crippen LogP contribution in [0.5, 0.6) is 0 Å². The van der Waals surface area contributed by atoms with E-state index in [1.165, 1.54) is 5.57 Å². The van der Waals surface area contributed by atoms with Crippen molar-refractivity contribution in [3.8, 4) is 0 Å². The Balaban J connectivity index is 1.66. The highest BCUT2D eigenvalue weighted by molar-refractivity contribution is 7.89. The smallest absolute Gasteiger partial charge is 0.262 e. The summed E-state index contributed by atoms with van der Waals surface area (Å²) in [7, 11) is -3.69. The van der Waals surface area contributed by atoms with Crippen LogP contribution in [-0.2, 0) is 10.0 Å². The molecule has 0 saturated heterocycles. The number of hydrogen-bond donors (Lipinski definition) is 0. The van der Waals surface area contributed by atoms with E-state index in [4.69, 9.17) is 0 Å². The molecule has 0 unspecified atom stereocenters. The molecular formula is C26H25NO2S. The molecule has 5 rings (SSSR count). The molecule has 152 valence electrons. The standard InChI is InChI=1S/C26H25NO2S/c1-19-9-14-25(15-10-19)30(28,29)27-18-24-8-4-7-21(24)13-16-26(27)23-12-11-20-5-2-3-6-22(20)17-23/h2-3,5-6,9-18,21,26H,4,7-8H2,1H3/t21-,26-/m0/s1. The van der Waals surface area contributed by atoms with E-state index in [0.29, 0.717) is 10.8 Å². The van der Waals surface area contributed by atoms with E-state index in [-0.39, 0.29) is 6.04 Å². The molecule has 2 atom stereocenters. The van der Waals surface area contributed by atoms with Crippen LogP contribution in [0.4, 0.5) is 0 Å². The van der Waals surface area contributed by atoms with Crippen LogP contribution in [0.25, 0.3) is 10.8 Å². The highest BCUT2D eigenvalue weighted by Gasteiger charge is 2.33. The van der Waals surface area contributed by atoms with E-state index in [0.717, 1.165) is 41.2 Å². The Kier molecular flexibility index (Phi) is 4.75. The van der Waals surface area contributed by atoms with Gasteiger partial charge in [-0.1, -0.05) is 66.2 Å². The Labute approximate surface area is 178 Å². The summed E-state index contributed by atoms with van der Waals surface area (Å²) in [5, 5.41) is 2.27. The Morgan fingerprint density at radius 3 is 2.47 bits per heavy atom. The number of sulfonamides is 1. The van der Waals surface area contributed by atoms with Gasteiger partial charge in [0, 0.05) is 6.20 Å². The predicted molar refractivity (Wildman–Crippen MR) is 121 cm³/mol. The summed E-state index contributed by atoms with van der Waals surface area (Å²) >= 11 is 0. The van der Waals surface area contributed by atoms with Gasteiger partial charge >= 0.3 is 0 Å². The van der Waals surface area contributed by atoms with Gasteiger partial charge in [0.2, 0.25) is 0 Å². The van der Waals surface area contributed by atoms with Gasteiger partial charge in [-0.2, -0.15) is 0 Å². The summed E-state index contributed by atoms with van der Waals surface area (Å²) in [6.45, 7) is 1.97. The van der Waals surface area contributed by atoms with Crippen molar-refractivity contribution >= 4 is 20.8 Å². The number of aryl methyl sites for hydroxylation is 1. The Hall–Kier alpha value is -2.85. The molecule has 1 fully saturated rings. The summed E-state index contributed by atoms with van der Waals surface area (Å²) in [6, 6.07) is 21.2. The van der Waals surface area contributed by atoms with Gasteiger partial charge in [-0.05, 0) is 72.2 Å². The van der Waals surface area contributed by atoms with Crippen molar-refractivity contribution in [1.82, 2.24) is 4.31 Å². The summed E-state index contributed by atoms with van der Waals surface area (Å²) in [4.78, 5) is 0.334. The average Bonchev–Trinajstić information content (AvgIpc) is 3.12. The van der Waals surface area contributed by atoms with Crippen LogP contribution in [0, 0.1) is 12.8 Å². The Bertz CT molecular complexity index is 1260. The number of benzene rings is 3. The molecule has 30 heavy (non-hydrogen) atoms. The first-order valence-corrected chi connectivity index (χ1v) is 11.9. The quantitative estimate of drug-likeness (QED) is 0.482. The van der Waals surface area contributed by atoms with Gasteiger partial charge in [0.05, 0.1) is 10.9 Å². The molecular weight excluding hydrogens is 390 g/mol. The number of hydrogen-bond acceptors (Lipinski definition) is 2. The molecule has 3 nitrogen and oxygen atoms in total. The highest BCUT2D eigenvalue weighted by Crippen LogP contribution is 2.40. The molecule has 0 N–H and O–H groups in total. The zero-order valence-corrected chi connectivity index (χ0v) is 17.8. The molecule has 1 aliphatic heterocycles. The van der Waals surface area contributed by atoms with Gasteiger partial charge in [0.25, 0.3) is 10.0 Å². The minimum atomic E-state index is -3.69. The molecule has 2 aliphatic rings. The molecule has 0 aromatic heterocycles. The summed E-state index contributed by atoms with van der Waals surface area (Å²) in [5.41, 5.74) is 3.24. The van der Waals surface area contributed by atoms with Gasteiger partial charge in [0.15, 0.2) is 0 Å². The molecule has 4 heteroatoms. The summed E-state index contributed by atoms with van der Waals surface area (Å²) < 4.78 is 29.1. The normalized spacial score (nSPS) is 21.4. The third kappa shape index (κ3) is 3.35. The zero-order chi connectivity index (χ0) is 20.7. The second-order valence-electron chi connectivity index (χ2n) is 8.29. The van der Waals surface area contributed by atoms with Gasteiger partial charge in [-0.25, -0.2) is 8.42 Å². The van der Waals surface area contributed by atoms with Crippen molar-refractivity contribution in [3.05, 3.63) is 102 Å². The van der Waals surface area contributed by atoms with E-state index in [2.05, 4.69) is 42.5 Å². The molecule has 1 heterocycles. The topological polar surface area (TPSA) is 37.4 Å². The summed E-state index contributed by atoms with van der Waals surface area (Å²) in [6.07, 6.45) is 9.36. The zero-order valence-electron chi connectivity index (χ0n) is 17.0. The average molecular weight is 416 g/mol. The Morgan fingerprint density at radius 2 is 1.67 bits per heavy atom. The van der Waals surface area contributed by atoms with E-state index in [1.54, 1.807) is 16.4 Å². The number of nitrogens with zero attached hydrogens (tertiary/aromatic N) is 1. The lowest BCUT2D eigenvalue weighted by Gasteiger charge is -2.28. The maximum Gasteiger partial charge on any atom is 0.264 e. The lowest BCUT2D eigenvalue weighted by Crippen LogP contribution is -2.29. The highest BCUT2D eigenvalue weighted by atomic mass is 32.2. The molecule has 0 amide bonds. The van der Waals surface area contributed by atoms with Gasteiger partial charge in [-0.15, -0.1) is 0 Å². The number of allylic oxidation sites excluding steroid dienone is 2. The van der Waals surface area contributed by atoms with Crippen molar-refractivity contribution < 1.29 is 8.42 Å². The Morgan fingerprint density at radius 1 is 0.900 bits per heavy atom. The number of rotatable bonds is 3. The van der Waals surface area contributed by atoms with Crippen LogP contribution in [0.3, 0.4) is 0 Å². The third-order valence-electron chi connectivity index (χ3n) is 6.26. The maximum absolute atomic E-state index is 13.7. The van der Waals surface area contributed by atoms with Crippen LogP contribution in [0.2, 0.25) is 0 Å². The molecule has 1 saturated carbocycles. The van der Waals surface area contributed by atoms with Crippen LogP contribution >= 0.6 is 0 Å². The lowest BCUT2D eigenvalue weighted by atomic mass is 10.00. The first-order valence-electron chi connectivity index (χ1n) is 10.5. The molecule has 3 aromatic rings. The lowest BCUT2D eigenvalue weighted by molar-refractivity contribution is 0.457. The molecule has 0 radical (unpaired) electrons. The van der Waals surface area contributed by atoms with Crippen molar-refractivity contribution in [3.63, 3.8) is 0 Å². The van der Waals surface area contributed by atoms with Crippen molar-refractivity contribution in [2.75, 3.05) is 0 Å². The predicted octanol–water partition coefficient (Wildman–Crippen LogP) is 6.13. The molecule has 0 spiro atoms.